The summed E-state index contributed by atoms with van der Waals surface area (Å²) in [5.74, 6) is 0.799. The highest BCUT2D eigenvalue weighted by atomic mass is 16.5. The van der Waals surface area contributed by atoms with Crippen LogP contribution in [0.4, 0.5) is 5.95 Å². The summed E-state index contributed by atoms with van der Waals surface area (Å²) >= 11 is 0. The van der Waals surface area contributed by atoms with Crippen molar-refractivity contribution in [3.63, 3.8) is 0 Å². The monoisotopic (exact) mass is 236 g/mol. The Bertz CT molecular complexity index is 354. The predicted octanol–water partition coefficient (Wildman–Crippen LogP) is 0.810. The molecular weight excluding hydrogens is 216 g/mol. The Morgan fingerprint density at radius 3 is 2.76 bits per heavy atom. The molecule has 2 atom stereocenters. The van der Waals surface area contributed by atoms with Crippen LogP contribution < -0.4 is 10.2 Å². The van der Waals surface area contributed by atoms with Crippen molar-refractivity contribution < 1.29 is 4.74 Å². The van der Waals surface area contributed by atoms with E-state index in [0.29, 0.717) is 6.04 Å². The Morgan fingerprint density at radius 2 is 2.12 bits per heavy atom. The number of hydrogen-bond donors (Lipinski definition) is 1. The Balaban J connectivity index is 2.10. The lowest BCUT2D eigenvalue weighted by Crippen LogP contribution is -2.48. The van der Waals surface area contributed by atoms with E-state index in [1.165, 1.54) is 0 Å². The van der Waals surface area contributed by atoms with Crippen LogP contribution in [0.2, 0.25) is 0 Å². The first kappa shape index (κ1) is 12.3. The van der Waals surface area contributed by atoms with Gasteiger partial charge in [-0.1, -0.05) is 0 Å². The molecule has 0 spiro atoms. The number of anilines is 1. The molecule has 1 aromatic heterocycles. The van der Waals surface area contributed by atoms with Gasteiger partial charge in [0.15, 0.2) is 0 Å². The molecule has 0 aliphatic carbocycles. The summed E-state index contributed by atoms with van der Waals surface area (Å²) in [5, 5.41) is 3.09. The van der Waals surface area contributed by atoms with Gasteiger partial charge in [-0.3, -0.25) is 0 Å². The fourth-order valence-corrected chi connectivity index (χ4v) is 1.97. The first-order chi connectivity index (χ1) is 8.20. The molecule has 2 heterocycles. The minimum absolute atomic E-state index is 0.242. The third-order valence-corrected chi connectivity index (χ3v) is 2.94. The van der Waals surface area contributed by atoms with Crippen LogP contribution in [-0.4, -0.2) is 42.3 Å². The first-order valence-electron chi connectivity index (χ1n) is 6.04. The first-order valence-corrected chi connectivity index (χ1v) is 6.04. The molecule has 1 saturated heterocycles. The van der Waals surface area contributed by atoms with Gasteiger partial charge in [0, 0.05) is 31.0 Å². The minimum atomic E-state index is 0.242. The molecule has 0 radical (unpaired) electrons. The van der Waals surface area contributed by atoms with Gasteiger partial charge in [-0.25, -0.2) is 9.97 Å². The van der Waals surface area contributed by atoms with E-state index in [1.54, 1.807) is 0 Å². The largest absolute Gasteiger partial charge is 0.375 e. The maximum Gasteiger partial charge on any atom is 0.225 e. The highest BCUT2D eigenvalue weighted by Crippen LogP contribution is 2.17. The molecule has 5 nitrogen and oxygen atoms in total. The van der Waals surface area contributed by atoms with Crippen LogP contribution in [-0.2, 0) is 11.3 Å². The van der Waals surface area contributed by atoms with Crippen molar-refractivity contribution >= 4 is 5.95 Å². The predicted molar refractivity (Wildman–Crippen MR) is 67.0 cm³/mol. The van der Waals surface area contributed by atoms with Crippen LogP contribution in [0.1, 0.15) is 19.4 Å². The lowest BCUT2D eigenvalue weighted by Gasteiger charge is -2.36. The van der Waals surface area contributed by atoms with E-state index in [2.05, 4.69) is 34.0 Å². The number of hydrogen-bond acceptors (Lipinski definition) is 5. The van der Waals surface area contributed by atoms with E-state index in [9.17, 15) is 0 Å². The maximum atomic E-state index is 5.60. The molecule has 0 aromatic carbocycles. The van der Waals surface area contributed by atoms with Crippen molar-refractivity contribution in [1.82, 2.24) is 15.3 Å². The Morgan fingerprint density at radius 1 is 1.41 bits per heavy atom. The zero-order valence-corrected chi connectivity index (χ0v) is 10.7. The number of morpholine rings is 1. The van der Waals surface area contributed by atoms with Crippen LogP contribution >= 0.6 is 0 Å². The van der Waals surface area contributed by atoms with E-state index >= 15 is 0 Å². The van der Waals surface area contributed by atoms with Gasteiger partial charge in [0.2, 0.25) is 5.95 Å². The summed E-state index contributed by atoms with van der Waals surface area (Å²) in [4.78, 5) is 11.1. The van der Waals surface area contributed by atoms with Gasteiger partial charge in [-0.15, -0.1) is 0 Å². The lowest BCUT2D eigenvalue weighted by atomic mass is 10.2. The third kappa shape index (κ3) is 2.92. The molecule has 2 unspecified atom stereocenters. The average molecular weight is 236 g/mol. The van der Waals surface area contributed by atoms with Gasteiger partial charge >= 0.3 is 0 Å². The Hall–Kier alpha value is -1.20. The number of nitrogens with zero attached hydrogens (tertiary/aromatic N) is 3. The van der Waals surface area contributed by atoms with E-state index < -0.39 is 0 Å². The summed E-state index contributed by atoms with van der Waals surface area (Å²) in [6.07, 6.45) is 4.00. The van der Waals surface area contributed by atoms with Crippen LogP contribution in [0.25, 0.3) is 0 Å². The molecule has 1 aliphatic rings. The second-order valence-electron chi connectivity index (χ2n) is 4.57. The standard InChI is InChI=1S/C12H20N4O/c1-9-8-17-10(2)7-16(9)12-14-5-11(4-13-3)6-15-12/h5-6,9-10,13H,4,7-8H2,1-3H3. The van der Waals surface area contributed by atoms with Gasteiger partial charge in [-0.05, 0) is 20.9 Å². The van der Waals surface area contributed by atoms with Gasteiger partial charge < -0.3 is 15.0 Å². The minimum Gasteiger partial charge on any atom is -0.375 e. The van der Waals surface area contributed by atoms with Crippen molar-refractivity contribution in [3.05, 3.63) is 18.0 Å². The van der Waals surface area contributed by atoms with Crippen molar-refractivity contribution in [3.8, 4) is 0 Å². The fraction of sp³-hybridized carbons (Fsp3) is 0.667. The molecule has 17 heavy (non-hydrogen) atoms. The van der Waals surface area contributed by atoms with Crippen molar-refractivity contribution in [2.75, 3.05) is 25.1 Å². The molecule has 1 N–H and O–H groups in total. The summed E-state index contributed by atoms with van der Waals surface area (Å²) in [6, 6.07) is 0.335. The van der Waals surface area contributed by atoms with Gasteiger partial charge in [0.25, 0.3) is 0 Å². The van der Waals surface area contributed by atoms with E-state index in [-0.39, 0.29) is 6.10 Å². The van der Waals surface area contributed by atoms with Crippen molar-refractivity contribution in [2.45, 2.75) is 32.5 Å². The topological polar surface area (TPSA) is 50.3 Å². The third-order valence-electron chi connectivity index (χ3n) is 2.94. The molecule has 1 aromatic rings. The SMILES string of the molecule is CNCc1cnc(N2CC(C)OCC2C)nc1. The maximum absolute atomic E-state index is 5.60. The van der Waals surface area contributed by atoms with Gasteiger partial charge in [0.1, 0.15) is 0 Å². The number of aromatic nitrogens is 2. The second kappa shape index (κ2) is 5.42. The average Bonchev–Trinajstić information content (AvgIpc) is 2.34. The molecule has 5 heteroatoms. The summed E-state index contributed by atoms with van der Waals surface area (Å²) < 4.78 is 5.60. The zero-order chi connectivity index (χ0) is 12.3. The molecule has 2 rings (SSSR count). The van der Waals surface area contributed by atoms with Crippen LogP contribution in [0.15, 0.2) is 12.4 Å². The normalized spacial score (nSPS) is 25.0. The molecule has 94 valence electrons. The molecule has 0 amide bonds. The highest BCUT2D eigenvalue weighted by Gasteiger charge is 2.25. The fourth-order valence-electron chi connectivity index (χ4n) is 1.97. The molecule has 1 aliphatic heterocycles. The quantitative estimate of drug-likeness (QED) is 0.841. The lowest BCUT2D eigenvalue weighted by molar-refractivity contribution is 0.0337. The summed E-state index contributed by atoms with van der Waals surface area (Å²) in [5.41, 5.74) is 1.10. The number of nitrogens with one attached hydrogen (secondary N) is 1. The van der Waals surface area contributed by atoms with Gasteiger partial charge in [0.05, 0.1) is 18.8 Å². The van der Waals surface area contributed by atoms with Crippen LogP contribution in [0.3, 0.4) is 0 Å². The molecule has 0 saturated carbocycles. The zero-order valence-electron chi connectivity index (χ0n) is 10.7. The Kier molecular flexibility index (Phi) is 3.91. The van der Waals surface area contributed by atoms with Crippen molar-refractivity contribution in [1.29, 1.82) is 0 Å². The molecular formula is C12H20N4O. The van der Waals surface area contributed by atoms with E-state index in [1.807, 2.05) is 19.4 Å². The van der Waals surface area contributed by atoms with Crippen LogP contribution in [0, 0.1) is 0 Å². The van der Waals surface area contributed by atoms with E-state index in [4.69, 9.17) is 4.74 Å². The molecule has 1 fully saturated rings. The molecule has 0 bridgehead atoms. The number of ether oxygens (including phenoxy) is 1. The second-order valence-corrected chi connectivity index (χ2v) is 4.57. The smallest absolute Gasteiger partial charge is 0.225 e. The van der Waals surface area contributed by atoms with Crippen LogP contribution in [0.5, 0.6) is 0 Å². The highest BCUT2D eigenvalue weighted by molar-refractivity contribution is 5.32. The van der Waals surface area contributed by atoms with Gasteiger partial charge in [-0.2, -0.15) is 0 Å². The summed E-state index contributed by atoms with van der Waals surface area (Å²) in [7, 11) is 1.92. The summed E-state index contributed by atoms with van der Waals surface area (Å²) in [6.45, 7) is 6.61. The number of rotatable bonds is 3. The van der Waals surface area contributed by atoms with Crippen molar-refractivity contribution in [2.24, 2.45) is 0 Å². The Labute approximate surface area is 102 Å². The van der Waals surface area contributed by atoms with E-state index in [0.717, 1.165) is 31.2 Å².